The van der Waals surface area contributed by atoms with Crippen LogP contribution in [0, 0.1) is 0 Å². The van der Waals surface area contributed by atoms with Gasteiger partial charge in [0.1, 0.15) is 4.21 Å². The molecule has 0 aromatic carbocycles. The number of hydrogen-bond donors (Lipinski definition) is 2. The summed E-state index contributed by atoms with van der Waals surface area (Å²) in [6.45, 7) is 0. The summed E-state index contributed by atoms with van der Waals surface area (Å²) in [5.74, 6) is -0.226. The zero-order valence-corrected chi connectivity index (χ0v) is 10.1. The van der Waals surface area contributed by atoms with Crippen LogP contribution in [0.3, 0.4) is 0 Å². The Morgan fingerprint density at radius 2 is 2.19 bits per heavy atom. The number of sulfonamides is 1. The first kappa shape index (κ1) is 11.6. The molecule has 1 fully saturated rings. The van der Waals surface area contributed by atoms with Crippen molar-refractivity contribution < 1.29 is 13.2 Å². The molecular weight excluding hydrogens is 248 g/mol. The molecule has 5 nitrogen and oxygen atoms in total. The van der Waals surface area contributed by atoms with Crippen LogP contribution in [0.1, 0.15) is 29.6 Å². The third-order valence-electron chi connectivity index (χ3n) is 2.56. The number of nitrogens with one attached hydrogen (secondary N) is 1. The van der Waals surface area contributed by atoms with Crippen LogP contribution in [-0.4, -0.2) is 20.4 Å². The van der Waals surface area contributed by atoms with Gasteiger partial charge in [-0.3, -0.25) is 4.79 Å². The quantitative estimate of drug-likeness (QED) is 0.837. The van der Waals surface area contributed by atoms with Crippen LogP contribution >= 0.6 is 11.3 Å². The summed E-state index contributed by atoms with van der Waals surface area (Å²) >= 11 is 0.964. The van der Waals surface area contributed by atoms with Crippen molar-refractivity contribution in [2.75, 3.05) is 0 Å². The van der Waals surface area contributed by atoms with Gasteiger partial charge in [0.15, 0.2) is 0 Å². The Kier molecular flexibility index (Phi) is 3.00. The number of primary sulfonamides is 1. The molecule has 0 aliphatic heterocycles. The zero-order chi connectivity index (χ0) is 11.8. The molecule has 16 heavy (non-hydrogen) atoms. The number of hydrogen-bond acceptors (Lipinski definition) is 4. The van der Waals surface area contributed by atoms with Crippen LogP contribution in [0.15, 0.2) is 15.7 Å². The lowest BCUT2D eigenvalue weighted by Gasteiger charge is -2.26. The Bertz CT molecular complexity index is 503. The third-order valence-corrected chi connectivity index (χ3v) is 4.94. The summed E-state index contributed by atoms with van der Waals surface area (Å²) in [5.41, 5.74) is 0.362. The van der Waals surface area contributed by atoms with Gasteiger partial charge in [0.25, 0.3) is 5.91 Å². The molecule has 2 rings (SSSR count). The van der Waals surface area contributed by atoms with Crippen LogP contribution in [0.2, 0.25) is 0 Å². The second kappa shape index (κ2) is 4.15. The van der Waals surface area contributed by atoms with Crippen molar-refractivity contribution in [2.24, 2.45) is 5.14 Å². The number of amides is 1. The summed E-state index contributed by atoms with van der Waals surface area (Å²) in [7, 11) is -3.70. The van der Waals surface area contributed by atoms with Gasteiger partial charge in [0.2, 0.25) is 10.0 Å². The van der Waals surface area contributed by atoms with Crippen molar-refractivity contribution in [1.82, 2.24) is 5.32 Å². The predicted molar refractivity (Wildman–Crippen MR) is 60.8 cm³/mol. The van der Waals surface area contributed by atoms with Gasteiger partial charge in [-0.1, -0.05) is 0 Å². The van der Waals surface area contributed by atoms with E-state index in [1.165, 1.54) is 11.4 Å². The molecule has 0 spiro atoms. The second-order valence-electron chi connectivity index (χ2n) is 3.80. The third kappa shape index (κ3) is 2.42. The van der Waals surface area contributed by atoms with Gasteiger partial charge < -0.3 is 5.32 Å². The van der Waals surface area contributed by atoms with Crippen LogP contribution in [0.25, 0.3) is 0 Å². The Morgan fingerprint density at radius 1 is 1.50 bits per heavy atom. The molecule has 0 unspecified atom stereocenters. The average molecular weight is 260 g/mol. The summed E-state index contributed by atoms with van der Waals surface area (Å²) in [5, 5.41) is 9.30. The first-order chi connectivity index (χ1) is 7.47. The van der Waals surface area contributed by atoms with E-state index in [9.17, 15) is 13.2 Å². The van der Waals surface area contributed by atoms with Crippen molar-refractivity contribution in [3.05, 3.63) is 17.0 Å². The molecule has 1 aliphatic rings. The van der Waals surface area contributed by atoms with Gasteiger partial charge in [-0.2, -0.15) is 0 Å². The van der Waals surface area contributed by atoms with Crippen molar-refractivity contribution in [3.8, 4) is 0 Å². The van der Waals surface area contributed by atoms with E-state index < -0.39 is 10.0 Å². The predicted octanol–water partition coefficient (Wildman–Crippen LogP) is 0.678. The van der Waals surface area contributed by atoms with E-state index in [1.54, 1.807) is 0 Å². The molecule has 88 valence electrons. The number of carbonyl (C=O) groups is 1. The topological polar surface area (TPSA) is 89.3 Å². The summed E-state index contributed by atoms with van der Waals surface area (Å²) in [6, 6.07) is 1.55. The van der Waals surface area contributed by atoms with Crippen LogP contribution < -0.4 is 10.5 Å². The Balaban J connectivity index is 2.09. The van der Waals surface area contributed by atoms with E-state index in [1.807, 2.05) is 0 Å². The second-order valence-corrected chi connectivity index (χ2v) is 6.50. The Labute approximate surface area is 97.7 Å². The minimum Gasteiger partial charge on any atom is -0.349 e. The monoisotopic (exact) mass is 260 g/mol. The van der Waals surface area contributed by atoms with Crippen molar-refractivity contribution in [3.63, 3.8) is 0 Å². The molecule has 1 heterocycles. The average Bonchev–Trinajstić information content (AvgIpc) is 2.58. The number of carbonyl (C=O) groups excluding carboxylic acids is 1. The highest BCUT2D eigenvalue weighted by Gasteiger charge is 2.21. The molecule has 0 saturated heterocycles. The molecule has 7 heteroatoms. The minimum atomic E-state index is -3.70. The van der Waals surface area contributed by atoms with E-state index in [0.29, 0.717) is 5.56 Å². The highest BCUT2D eigenvalue weighted by molar-refractivity contribution is 7.91. The van der Waals surface area contributed by atoms with Crippen molar-refractivity contribution in [2.45, 2.75) is 29.5 Å². The van der Waals surface area contributed by atoms with E-state index in [0.717, 1.165) is 30.6 Å². The maximum absolute atomic E-state index is 11.6. The molecule has 0 atom stereocenters. The normalized spacial score (nSPS) is 16.8. The fourth-order valence-corrected chi connectivity index (χ4v) is 2.99. The zero-order valence-electron chi connectivity index (χ0n) is 8.47. The SMILES string of the molecule is NS(=O)(=O)c1cc(C(=O)NC2CCC2)cs1. The fourth-order valence-electron chi connectivity index (χ4n) is 1.41. The summed E-state index contributed by atoms with van der Waals surface area (Å²) in [6.07, 6.45) is 3.13. The smallest absolute Gasteiger partial charge is 0.252 e. The van der Waals surface area contributed by atoms with Crippen LogP contribution in [0.5, 0.6) is 0 Å². The summed E-state index contributed by atoms with van der Waals surface area (Å²) < 4.78 is 22.0. The number of thiophene rings is 1. The lowest BCUT2D eigenvalue weighted by Crippen LogP contribution is -2.39. The molecule has 1 aliphatic carbocycles. The van der Waals surface area contributed by atoms with Crippen molar-refractivity contribution in [1.29, 1.82) is 0 Å². The van der Waals surface area contributed by atoms with Gasteiger partial charge in [0.05, 0.1) is 5.56 Å². The van der Waals surface area contributed by atoms with E-state index in [4.69, 9.17) is 5.14 Å². The standard InChI is InChI=1S/C9H12N2O3S2/c10-16(13,14)8-4-6(5-15-8)9(12)11-7-2-1-3-7/h4-5,7H,1-3H2,(H,11,12)(H2,10,13,14). The maximum atomic E-state index is 11.6. The minimum absolute atomic E-state index is 0.0197. The summed E-state index contributed by atoms with van der Waals surface area (Å²) in [4.78, 5) is 11.6. The molecule has 1 aromatic heterocycles. The van der Waals surface area contributed by atoms with Crippen LogP contribution in [-0.2, 0) is 10.0 Å². The van der Waals surface area contributed by atoms with E-state index in [-0.39, 0.29) is 16.2 Å². The van der Waals surface area contributed by atoms with E-state index in [2.05, 4.69) is 5.32 Å². The highest BCUT2D eigenvalue weighted by Crippen LogP contribution is 2.21. The Hall–Kier alpha value is -0.920. The van der Waals surface area contributed by atoms with Gasteiger partial charge in [-0.05, 0) is 25.3 Å². The van der Waals surface area contributed by atoms with Gasteiger partial charge >= 0.3 is 0 Å². The molecule has 0 radical (unpaired) electrons. The Morgan fingerprint density at radius 3 is 2.62 bits per heavy atom. The first-order valence-corrected chi connectivity index (χ1v) is 7.31. The molecule has 1 saturated carbocycles. The lowest BCUT2D eigenvalue weighted by molar-refractivity contribution is 0.0917. The fraction of sp³-hybridized carbons (Fsp3) is 0.444. The van der Waals surface area contributed by atoms with Crippen LogP contribution in [0.4, 0.5) is 0 Å². The van der Waals surface area contributed by atoms with Gasteiger partial charge in [-0.15, -0.1) is 11.3 Å². The van der Waals surface area contributed by atoms with E-state index >= 15 is 0 Å². The molecule has 3 N–H and O–H groups in total. The molecule has 1 amide bonds. The lowest BCUT2D eigenvalue weighted by atomic mass is 9.93. The molecule has 0 bridgehead atoms. The molecule has 1 aromatic rings. The van der Waals surface area contributed by atoms with Crippen molar-refractivity contribution >= 4 is 27.3 Å². The molecular formula is C9H12N2O3S2. The number of rotatable bonds is 3. The first-order valence-electron chi connectivity index (χ1n) is 4.89. The largest absolute Gasteiger partial charge is 0.349 e. The maximum Gasteiger partial charge on any atom is 0.252 e. The van der Waals surface area contributed by atoms with Gasteiger partial charge in [-0.25, -0.2) is 13.6 Å². The number of nitrogens with two attached hydrogens (primary N) is 1. The van der Waals surface area contributed by atoms with Gasteiger partial charge in [0, 0.05) is 11.4 Å². The highest BCUT2D eigenvalue weighted by atomic mass is 32.2.